The van der Waals surface area contributed by atoms with Crippen LogP contribution in [0.2, 0.25) is 0 Å². The van der Waals surface area contributed by atoms with Gasteiger partial charge in [0, 0.05) is 17.7 Å². The van der Waals surface area contributed by atoms with Crippen LogP contribution in [0.4, 0.5) is 5.69 Å². The number of hydrogen-bond donors (Lipinski definition) is 0. The van der Waals surface area contributed by atoms with Gasteiger partial charge in [-0.15, -0.1) is 0 Å². The van der Waals surface area contributed by atoms with Gasteiger partial charge in [-0.05, 0) is 6.92 Å². The lowest BCUT2D eigenvalue weighted by atomic mass is 10.1. The molecule has 6 heteroatoms. The number of nitro benzene ring substituents is 1. The summed E-state index contributed by atoms with van der Waals surface area (Å²) in [5.74, 6) is 0.300. The summed E-state index contributed by atoms with van der Waals surface area (Å²) in [4.78, 5) is 10.2. The second-order valence-electron chi connectivity index (χ2n) is 3.27. The number of nitro groups is 1. The van der Waals surface area contributed by atoms with E-state index in [1.165, 1.54) is 12.1 Å². The third-order valence-electron chi connectivity index (χ3n) is 2.13. The van der Waals surface area contributed by atoms with E-state index in [0.29, 0.717) is 23.8 Å². The van der Waals surface area contributed by atoms with E-state index in [4.69, 9.17) is 9.26 Å². The quantitative estimate of drug-likeness (QED) is 0.600. The van der Waals surface area contributed by atoms with Gasteiger partial charge in [-0.3, -0.25) is 10.1 Å². The van der Waals surface area contributed by atoms with Crippen LogP contribution in [0.1, 0.15) is 6.92 Å². The fraction of sp³-hybridized carbons (Fsp3) is 0.182. The van der Waals surface area contributed by atoms with E-state index in [9.17, 15) is 10.1 Å². The lowest BCUT2D eigenvalue weighted by molar-refractivity contribution is -0.384. The highest BCUT2D eigenvalue weighted by Gasteiger charge is 2.11. The molecule has 0 aliphatic carbocycles. The predicted molar refractivity (Wildman–Crippen MR) is 59.8 cm³/mol. The molecule has 0 aliphatic heterocycles. The minimum atomic E-state index is -0.451. The molecule has 2 aromatic rings. The SMILES string of the molecule is CCOc1cc(-c2cccc([N+](=O)[O-])c2)no1. The van der Waals surface area contributed by atoms with E-state index in [0.717, 1.165) is 0 Å². The molecule has 0 spiro atoms. The number of benzene rings is 1. The zero-order chi connectivity index (χ0) is 12.3. The number of nitrogens with zero attached hydrogens (tertiary/aromatic N) is 2. The van der Waals surface area contributed by atoms with Gasteiger partial charge >= 0.3 is 5.95 Å². The van der Waals surface area contributed by atoms with Gasteiger partial charge in [-0.2, -0.15) is 0 Å². The smallest absolute Gasteiger partial charge is 0.311 e. The highest BCUT2D eigenvalue weighted by atomic mass is 16.6. The summed E-state index contributed by atoms with van der Waals surface area (Å²) in [6, 6.07) is 7.78. The fourth-order valence-electron chi connectivity index (χ4n) is 1.38. The van der Waals surface area contributed by atoms with Crippen molar-refractivity contribution in [3.05, 3.63) is 40.4 Å². The van der Waals surface area contributed by atoms with E-state index in [2.05, 4.69) is 5.16 Å². The van der Waals surface area contributed by atoms with Crippen molar-refractivity contribution in [3.63, 3.8) is 0 Å². The summed E-state index contributed by atoms with van der Waals surface area (Å²) in [6.45, 7) is 2.30. The maximum absolute atomic E-state index is 10.6. The monoisotopic (exact) mass is 234 g/mol. The van der Waals surface area contributed by atoms with Gasteiger partial charge in [0.15, 0.2) is 0 Å². The normalized spacial score (nSPS) is 10.2. The Kier molecular flexibility index (Phi) is 3.04. The van der Waals surface area contributed by atoms with Crippen LogP contribution in [0.3, 0.4) is 0 Å². The lowest BCUT2D eigenvalue weighted by Gasteiger charge is -1.95. The van der Waals surface area contributed by atoms with Crippen molar-refractivity contribution in [3.8, 4) is 17.2 Å². The highest BCUT2D eigenvalue weighted by molar-refractivity contribution is 5.62. The van der Waals surface area contributed by atoms with Crippen LogP contribution in [0.25, 0.3) is 11.3 Å². The largest absolute Gasteiger partial charge is 0.464 e. The van der Waals surface area contributed by atoms with Crippen LogP contribution in [0.5, 0.6) is 5.95 Å². The Hall–Kier alpha value is -2.37. The first-order chi connectivity index (χ1) is 8.20. The molecule has 1 aromatic heterocycles. The number of ether oxygens (including phenoxy) is 1. The summed E-state index contributed by atoms with van der Waals surface area (Å²) in [6.07, 6.45) is 0. The average Bonchev–Trinajstić information content (AvgIpc) is 2.78. The summed E-state index contributed by atoms with van der Waals surface area (Å²) >= 11 is 0. The maximum Gasteiger partial charge on any atom is 0.311 e. The lowest BCUT2D eigenvalue weighted by Crippen LogP contribution is -1.88. The molecule has 0 saturated heterocycles. The number of aromatic nitrogens is 1. The van der Waals surface area contributed by atoms with E-state index in [1.807, 2.05) is 6.92 Å². The van der Waals surface area contributed by atoms with Crippen molar-refractivity contribution >= 4 is 5.69 Å². The molecule has 1 aromatic carbocycles. The molecule has 0 aliphatic rings. The second-order valence-corrected chi connectivity index (χ2v) is 3.27. The van der Waals surface area contributed by atoms with Crippen LogP contribution < -0.4 is 4.74 Å². The maximum atomic E-state index is 10.6. The Morgan fingerprint density at radius 2 is 2.29 bits per heavy atom. The fourth-order valence-corrected chi connectivity index (χ4v) is 1.38. The molecule has 2 rings (SSSR count). The molecule has 0 N–H and O–H groups in total. The van der Waals surface area contributed by atoms with Crippen LogP contribution in [0, 0.1) is 10.1 Å². The molecule has 0 fully saturated rings. The Morgan fingerprint density at radius 1 is 1.47 bits per heavy atom. The van der Waals surface area contributed by atoms with Gasteiger partial charge in [-0.1, -0.05) is 17.3 Å². The minimum Gasteiger partial charge on any atom is -0.464 e. The Labute approximate surface area is 97.0 Å². The first-order valence-corrected chi connectivity index (χ1v) is 5.05. The number of hydrogen-bond acceptors (Lipinski definition) is 5. The van der Waals surface area contributed by atoms with E-state index in [1.54, 1.807) is 18.2 Å². The Balaban J connectivity index is 2.32. The van der Waals surface area contributed by atoms with Crippen molar-refractivity contribution in [2.45, 2.75) is 6.92 Å². The Bertz CT molecular complexity index is 536. The zero-order valence-electron chi connectivity index (χ0n) is 9.12. The van der Waals surface area contributed by atoms with Crippen LogP contribution in [-0.4, -0.2) is 16.7 Å². The average molecular weight is 234 g/mol. The van der Waals surface area contributed by atoms with Crippen LogP contribution >= 0.6 is 0 Å². The standard InChI is InChI=1S/C11H10N2O4/c1-2-16-11-7-10(12-17-11)8-4-3-5-9(6-8)13(14)15/h3-7H,2H2,1H3. The summed E-state index contributed by atoms with van der Waals surface area (Å²) in [5.41, 5.74) is 1.15. The van der Waals surface area contributed by atoms with Gasteiger partial charge < -0.3 is 9.26 Å². The van der Waals surface area contributed by atoms with Crippen molar-refractivity contribution < 1.29 is 14.2 Å². The molecule has 17 heavy (non-hydrogen) atoms. The topological polar surface area (TPSA) is 78.4 Å². The zero-order valence-corrected chi connectivity index (χ0v) is 9.12. The highest BCUT2D eigenvalue weighted by Crippen LogP contribution is 2.25. The van der Waals surface area contributed by atoms with Gasteiger partial charge in [0.25, 0.3) is 5.69 Å². The molecule has 88 valence electrons. The molecule has 0 atom stereocenters. The number of non-ortho nitro benzene ring substituents is 1. The second kappa shape index (κ2) is 4.65. The van der Waals surface area contributed by atoms with Gasteiger partial charge in [0.1, 0.15) is 5.69 Å². The molecule has 0 amide bonds. The van der Waals surface area contributed by atoms with Crippen molar-refractivity contribution in [1.82, 2.24) is 5.16 Å². The first-order valence-electron chi connectivity index (χ1n) is 5.05. The molecular formula is C11H10N2O4. The third kappa shape index (κ3) is 2.41. The molecule has 0 saturated carbocycles. The van der Waals surface area contributed by atoms with Crippen molar-refractivity contribution in [2.75, 3.05) is 6.61 Å². The van der Waals surface area contributed by atoms with Gasteiger partial charge in [0.2, 0.25) is 0 Å². The van der Waals surface area contributed by atoms with Crippen molar-refractivity contribution in [2.24, 2.45) is 0 Å². The van der Waals surface area contributed by atoms with E-state index >= 15 is 0 Å². The Morgan fingerprint density at radius 3 is 3.00 bits per heavy atom. The van der Waals surface area contributed by atoms with E-state index < -0.39 is 4.92 Å². The molecule has 0 radical (unpaired) electrons. The summed E-state index contributed by atoms with van der Waals surface area (Å²) < 4.78 is 10.0. The van der Waals surface area contributed by atoms with Gasteiger partial charge in [-0.25, -0.2) is 0 Å². The van der Waals surface area contributed by atoms with E-state index in [-0.39, 0.29) is 5.69 Å². The molecule has 0 bridgehead atoms. The van der Waals surface area contributed by atoms with Crippen LogP contribution in [-0.2, 0) is 0 Å². The predicted octanol–water partition coefficient (Wildman–Crippen LogP) is 2.65. The molecule has 1 heterocycles. The molecular weight excluding hydrogens is 224 g/mol. The third-order valence-corrected chi connectivity index (χ3v) is 2.13. The number of rotatable bonds is 4. The van der Waals surface area contributed by atoms with Gasteiger partial charge in [0.05, 0.1) is 17.6 Å². The van der Waals surface area contributed by atoms with Crippen molar-refractivity contribution in [1.29, 1.82) is 0 Å². The molecule has 0 unspecified atom stereocenters. The minimum absolute atomic E-state index is 0.0171. The summed E-state index contributed by atoms with van der Waals surface area (Å²) in [7, 11) is 0. The molecule has 6 nitrogen and oxygen atoms in total. The summed E-state index contributed by atoms with van der Waals surface area (Å²) in [5, 5.41) is 14.4. The first kappa shape index (κ1) is 11.1. The van der Waals surface area contributed by atoms with Crippen LogP contribution in [0.15, 0.2) is 34.9 Å².